The first-order chi connectivity index (χ1) is 29.3. The van der Waals surface area contributed by atoms with Crippen molar-refractivity contribution in [2.75, 3.05) is 13.2 Å². The van der Waals surface area contributed by atoms with Crippen LogP contribution in [0.5, 0.6) is 0 Å². The molecule has 0 fully saturated rings. The molecule has 0 radical (unpaired) electrons. The maximum Gasteiger partial charge on any atom is 0.328 e. The van der Waals surface area contributed by atoms with Crippen molar-refractivity contribution in [1.29, 1.82) is 0 Å². The van der Waals surface area contributed by atoms with Crippen LogP contribution >= 0.6 is 0 Å². The van der Waals surface area contributed by atoms with E-state index in [0.717, 1.165) is 89.9 Å². The van der Waals surface area contributed by atoms with Crippen molar-refractivity contribution < 1.29 is 34.1 Å². The van der Waals surface area contributed by atoms with Crippen LogP contribution < -0.4 is 10.6 Å². The molecule has 0 rings (SSSR count). The van der Waals surface area contributed by atoms with Crippen LogP contribution in [0.4, 0.5) is 0 Å². The molecule has 0 aliphatic heterocycles. The van der Waals surface area contributed by atoms with Crippen molar-refractivity contribution >= 4 is 23.8 Å². The number of carboxylic acid groups (broad SMARTS) is 1. The summed E-state index contributed by atoms with van der Waals surface area (Å²) in [6.07, 6.45) is 56.6. The molecule has 0 saturated heterocycles. The number of allylic oxidation sites excluding steroid dienone is 11. The van der Waals surface area contributed by atoms with Gasteiger partial charge in [0, 0.05) is 12.8 Å². The molecule has 2 amide bonds. The maximum atomic E-state index is 12.8. The van der Waals surface area contributed by atoms with Gasteiger partial charge in [-0.15, -0.1) is 0 Å². The van der Waals surface area contributed by atoms with E-state index in [1.807, 2.05) is 6.08 Å². The summed E-state index contributed by atoms with van der Waals surface area (Å²) in [5.74, 6) is -2.41. The summed E-state index contributed by atoms with van der Waals surface area (Å²) < 4.78 is 5.93. The van der Waals surface area contributed by atoms with E-state index < -0.39 is 24.5 Å². The fourth-order valence-corrected chi connectivity index (χ4v) is 6.47. The SMILES string of the molecule is CCCCC/C=C\C/C=C\C/C=C\C(CCCCCCCC(=O)NCC(=O)NC(CO)C(=O)O)OC(=O)CCCCCCCC/C=C\C/C=C\C/C=C\CCCCCCC. The monoisotopic (exact) mass is 839 g/mol. The van der Waals surface area contributed by atoms with E-state index in [1.54, 1.807) is 0 Å². The fraction of sp³-hybridized carbons (Fsp3) is 0.686. The van der Waals surface area contributed by atoms with Crippen LogP contribution in [0.25, 0.3) is 0 Å². The minimum Gasteiger partial charge on any atom is -0.480 e. The highest BCUT2D eigenvalue weighted by atomic mass is 16.5. The van der Waals surface area contributed by atoms with E-state index in [-0.39, 0.29) is 30.9 Å². The lowest BCUT2D eigenvalue weighted by atomic mass is 10.1. The van der Waals surface area contributed by atoms with Crippen LogP contribution in [-0.2, 0) is 23.9 Å². The number of nitrogens with one attached hydrogen (secondary N) is 2. The third-order valence-electron chi connectivity index (χ3n) is 10.2. The summed E-state index contributed by atoms with van der Waals surface area (Å²) in [4.78, 5) is 47.6. The summed E-state index contributed by atoms with van der Waals surface area (Å²) in [6.45, 7) is 3.42. The number of rotatable bonds is 42. The van der Waals surface area contributed by atoms with Gasteiger partial charge in [0.15, 0.2) is 0 Å². The highest BCUT2D eigenvalue weighted by Gasteiger charge is 2.18. The standard InChI is InChI=1S/C51H86N2O7/c1-3-5-7-9-11-13-15-16-17-18-19-20-21-22-23-24-26-28-30-35-39-43-50(57)60-46(40-36-32-29-27-25-14-12-10-8-6-4-2)41-37-33-31-34-38-42-48(55)52-44-49(56)53-47(45-54)51(58)59/h12,14-16,18-19,21-22,27,29,36,40,46-47,54H,3-11,13,17,20,23-26,28,30-35,37-39,41-45H2,1-2H3,(H,52,55)(H,53,56)(H,58,59)/b14-12-,16-15-,19-18-,22-21-,29-27-,40-36-. The number of carbonyl (C=O) groups excluding carboxylic acids is 3. The highest BCUT2D eigenvalue weighted by Crippen LogP contribution is 2.15. The molecule has 0 aromatic heterocycles. The highest BCUT2D eigenvalue weighted by molar-refractivity contribution is 5.87. The second-order valence-corrected chi connectivity index (χ2v) is 15.8. The van der Waals surface area contributed by atoms with Crippen molar-refractivity contribution in [3.8, 4) is 0 Å². The lowest BCUT2D eigenvalue weighted by molar-refractivity contribution is -0.147. The largest absolute Gasteiger partial charge is 0.480 e. The number of hydrogen-bond donors (Lipinski definition) is 4. The number of ether oxygens (including phenoxy) is 1. The molecule has 60 heavy (non-hydrogen) atoms. The molecule has 0 aromatic carbocycles. The zero-order chi connectivity index (χ0) is 44.0. The Morgan fingerprint density at radius 2 is 0.950 bits per heavy atom. The minimum absolute atomic E-state index is 0.129. The van der Waals surface area contributed by atoms with Gasteiger partial charge in [-0.3, -0.25) is 14.4 Å². The van der Waals surface area contributed by atoms with Crippen LogP contribution in [0.3, 0.4) is 0 Å². The lowest BCUT2D eigenvalue weighted by Gasteiger charge is -2.15. The topological polar surface area (TPSA) is 142 Å². The summed E-state index contributed by atoms with van der Waals surface area (Å²) in [7, 11) is 0. The van der Waals surface area contributed by atoms with Crippen LogP contribution in [0, 0.1) is 0 Å². The maximum absolute atomic E-state index is 12.8. The van der Waals surface area contributed by atoms with Crippen LogP contribution in [0.15, 0.2) is 72.9 Å². The van der Waals surface area contributed by atoms with Gasteiger partial charge in [0.05, 0.1) is 13.2 Å². The zero-order valence-electron chi connectivity index (χ0n) is 37.9. The number of amides is 2. The first kappa shape index (κ1) is 56.3. The van der Waals surface area contributed by atoms with Crippen molar-refractivity contribution in [3.63, 3.8) is 0 Å². The molecule has 0 spiro atoms. The number of esters is 1. The van der Waals surface area contributed by atoms with Gasteiger partial charge in [0.2, 0.25) is 11.8 Å². The predicted molar refractivity (Wildman–Crippen MR) is 250 cm³/mol. The summed E-state index contributed by atoms with van der Waals surface area (Å²) >= 11 is 0. The van der Waals surface area contributed by atoms with Gasteiger partial charge in [-0.05, 0) is 96.0 Å². The van der Waals surface area contributed by atoms with Gasteiger partial charge in [-0.2, -0.15) is 0 Å². The predicted octanol–water partition coefficient (Wildman–Crippen LogP) is 12.3. The van der Waals surface area contributed by atoms with Crippen molar-refractivity contribution in [3.05, 3.63) is 72.9 Å². The Kier molecular flexibility index (Phi) is 42.0. The molecule has 0 aliphatic carbocycles. The van der Waals surface area contributed by atoms with Gasteiger partial charge in [0.1, 0.15) is 12.1 Å². The zero-order valence-corrected chi connectivity index (χ0v) is 37.9. The lowest BCUT2D eigenvalue weighted by Crippen LogP contribution is -2.47. The van der Waals surface area contributed by atoms with Crippen molar-refractivity contribution in [2.24, 2.45) is 0 Å². The third-order valence-corrected chi connectivity index (χ3v) is 10.2. The van der Waals surface area contributed by atoms with E-state index in [1.165, 1.54) is 77.0 Å². The normalized spacial score (nSPS) is 13.1. The second kappa shape index (κ2) is 44.8. The molecule has 0 aliphatic rings. The number of carboxylic acids is 1. The number of carbonyl (C=O) groups is 4. The number of unbranched alkanes of at least 4 members (excludes halogenated alkanes) is 18. The molecule has 2 atom stereocenters. The van der Waals surface area contributed by atoms with E-state index in [4.69, 9.17) is 14.9 Å². The summed E-state index contributed by atoms with van der Waals surface area (Å²) in [5, 5.41) is 22.6. The Morgan fingerprint density at radius 1 is 0.517 bits per heavy atom. The minimum atomic E-state index is -1.39. The number of hydrogen-bond acceptors (Lipinski definition) is 6. The molecule has 0 bridgehead atoms. The van der Waals surface area contributed by atoms with Gasteiger partial charge in [-0.25, -0.2) is 4.79 Å². The van der Waals surface area contributed by atoms with Gasteiger partial charge >= 0.3 is 11.9 Å². The molecule has 9 nitrogen and oxygen atoms in total. The second-order valence-electron chi connectivity index (χ2n) is 15.8. The number of aliphatic hydroxyl groups is 1. The third kappa shape index (κ3) is 41.0. The van der Waals surface area contributed by atoms with Crippen LogP contribution in [0.2, 0.25) is 0 Å². The first-order valence-electron chi connectivity index (χ1n) is 23.8. The fourth-order valence-electron chi connectivity index (χ4n) is 6.47. The number of aliphatic carboxylic acids is 1. The molecule has 4 N–H and O–H groups in total. The Morgan fingerprint density at radius 3 is 1.48 bits per heavy atom. The van der Waals surface area contributed by atoms with Crippen molar-refractivity contribution in [1.82, 2.24) is 10.6 Å². The smallest absolute Gasteiger partial charge is 0.328 e. The Balaban J connectivity index is 4.37. The molecule has 0 saturated carbocycles. The van der Waals surface area contributed by atoms with Gasteiger partial charge < -0.3 is 25.6 Å². The van der Waals surface area contributed by atoms with Crippen LogP contribution in [0.1, 0.15) is 200 Å². The average molecular weight is 839 g/mol. The van der Waals surface area contributed by atoms with E-state index in [0.29, 0.717) is 12.8 Å². The van der Waals surface area contributed by atoms with Crippen molar-refractivity contribution in [2.45, 2.75) is 212 Å². The molecule has 2 unspecified atom stereocenters. The Bertz CT molecular complexity index is 1240. The average Bonchev–Trinajstić information content (AvgIpc) is 3.23. The molecule has 9 heteroatoms. The molecule has 0 heterocycles. The van der Waals surface area contributed by atoms with Crippen LogP contribution in [-0.4, -0.2) is 59.3 Å². The first-order valence-corrected chi connectivity index (χ1v) is 23.8. The number of aliphatic hydroxyl groups excluding tert-OH is 1. The summed E-state index contributed by atoms with van der Waals surface area (Å²) in [6, 6.07) is -1.39. The van der Waals surface area contributed by atoms with E-state index in [9.17, 15) is 19.2 Å². The molecular weight excluding hydrogens is 753 g/mol. The molecular formula is C51H86N2O7. The Hall–Kier alpha value is -3.72. The van der Waals surface area contributed by atoms with E-state index in [2.05, 4.69) is 91.3 Å². The molecule has 342 valence electrons. The molecule has 0 aromatic rings. The van der Waals surface area contributed by atoms with Gasteiger partial charge in [0.25, 0.3) is 0 Å². The van der Waals surface area contributed by atoms with E-state index >= 15 is 0 Å². The quantitative estimate of drug-likeness (QED) is 0.0272. The van der Waals surface area contributed by atoms with Gasteiger partial charge in [-0.1, -0.05) is 164 Å². The Labute approximate surface area is 365 Å². The summed E-state index contributed by atoms with van der Waals surface area (Å²) in [5.41, 5.74) is 0.